The van der Waals surface area contributed by atoms with E-state index in [0.29, 0.717) is 24.6 Å². The number of nitrogens with zero attached hydrogens (tertiary/aromatic N) is 2. The molecule has 0 bridgehead atoms. The molecule has 0 spiro atoms. The van der Waals surface area contributed by atoms with Crippen LogP contribution in [-0.2, 0) is 31.3 Å². The fourth-order valence-corrected chi connectivity index (χ4v) is 3.43. The lowest BCUT2D eigenvalue weighted by Gasteiger charge is -2.17. The highest BCUT2D eigenvalue weighted by atomic mass is 16.3. The summed E-state index contributed by atoms with van der Waals surface area (Å²) in [7, 11) is 1.39. The van der Waals surface area contributed by atoms with Gasteiger partial charge in [0.1, 0.15) is 0 Å². The van der Waals surface area contributed by atoms with Gasteiger partial charge >= 0.3 is 5.69 Å². The maximum atomic E-state index is 12.5. The molecule has 2 aromatic rings. The first-order chi connectivity index (χ1) is 12.5. The quantitative estimate of drug-likeness (QED) is 0.799. The van der Waals surface area contributed by atoms with Gasteiger partial charge in [-0.3, -0.25) is 14.2 Å². The Morgan fingerprint density at radius 3 is 2.85 bits per heavy atom. The molecule has 7 nitrogen and oxygen atoms in total. The molecule has 2 N–H and O–H groups in total. The molecule has 1 aliphatic heterocycles. The van der Waals surface area contributed by atoms with E-state index in [1.54, 1.807) is 4.90 Å². The van der Waals surface area contributed by atoms with Crippen LogP contribution >= 0.6 is 0 Å². The van der Waals surface area contributed by atoms with Crippen LogP contribution in [0.25, 0.3) is 0 Å². The second-order valence-corrected chi connectivity index (χ2v) is 6.84. The van der Waals surface area contributed by atoms with E-state index in [-0.39, 0.29) is 18.9 Å². The number of likely N-dealkylation sites (tertiary alicyclic amines) is 1. The van der Waals surface area contributed by atoms with Crippen LogP contribution in [0.3, 0.4) is 0 Å². The Balaban J connectivity index is 1.61. The maximum absolute atomic E-state index is 12.5. The summed E-state index contributed by atoms with van der Waals surface area (Å²) in [6.07, 6.45) is 3.10. The van der Waals surface area contributed by atoms with E-state index in [2.05, 4.69) is 4.98 Å². The monoisotopic (exact) mass is 357 g/mol. The first kappa shape index (κ1) is 18.1. The standard InChI is InChI=1S/C19H23N3O4/c1-21-18(25)16(10-20-19(21)26)9-17(24)22-6-5-14(11-22)7-13-3-2-4-15(8-13)12-23/h2-4,8,10,14,23H,5-7,9,11-12H2,1H3,(H,20,26)/t14-/m0/s1. The van der Waals surface area contributed by atoms with Gasteiger partial charge in [0.15, 0.2) is 0 Å². The van der Waals surface area contributed by atoms with Crippen molar-refractivity contribution in [3.8, 4) is 0 Å². The van der Waals surface area contributed by atoms with Crippen LogP contribution in [0, 0.1) is 5.92 Å². The van der Waals surface area contributed by atoms with Crippen LogP contribution in [0.1, 0.15) is 23.1 Å². The van der Waals surface area contributed by atoms with Gasteiger partial charge in [-0.05, 0) is 29.9 Å². The molecule has 1 fully saturated rings. The van der Waals surface area contributed by atoms with Crippen molar-refractivity contribution in [2.75, 3.05) is 13.1 Å². The van der Waals surface area contributed by atoms with Crippen molar-refractivity contribution >= 4 is 5.91 Å². The number of aromatic amines is 1. The lowest BCUT2D eigenvalue weighted by Crippen LogP contribution is -2.37. The minimum atomic E-state index is -0.488. The minimum Gasteiger partial charge on any atom is -0.392 e. The number of carbonyl (C=O) groups is 1. The SMILES string of the molecule is Cn1c(=O)[nH]cc(CC(=O)N2CC[C@@H](Cc3cccc(CO)c3)C2)c1=O. The Hall–Kier alpha value is -2.67. The number of carbonyl (C=O) groups excluding carboxylic acids is 1. The summed E-state index contributed by atoms with van der Waals surface area (Å²) in [6, 6.07) is 7.85. The van der Waals surface area contributed by atoms with E-state index >= 15 is 0 Å². The highest BCUT2D eigenvalue weighted by Gasteiger charge is 2.27. The van der Waals surface area contributed by atoms with Gasteiger partial charge in [-0.25, -0.2) is 4.79 Å². The van der Waals surface area contributed by atoms with Crippen LogP contribution in [0.4, 0.5) is 0 Å². The number of nitrogens with one attached hydrogen (secondary N) is 1. The van der Waals surface area contributed by atoms with Crippen molar-refractivity contribution in [3.63, 3.8) is 0 Å². The van der Waals surface area contributed by atoms with Crippen molar-refractivity contribution in [2.24, 2.45) is 13.0 Å². The molecular formula is C19H23N3O4. The molecule has 0 unspecified atom stereocenters. The molecule has 1 saturated heterocycles. The smallest absolute Gasteiger partial charge is 0.328 e. The molecule has 0 radical (unpaired) electrons. The number of aromatic nitrogens is 2. The molecule has 1 aromatic carbocycles. The van der Waals surface area contributed by atoms with Crippen LogP contribution in [-0.4, -0.2) is 38.6 Å². The zero-order valence-electron chi connectivity index (χ0n) is 14.8. The lowest BCUT2D eigenvalue weighted by atomic mass is 9.97. The van der Waals surface area contributed by atoms with Gasteiger partial charge in [-0.1, -0.05) is 24.3 Å². The summed E-state index contributed by atoms with van der Waals surface area (Å²) in [4.78, 5) is 40.2. The van der Waals surface area contributed by atoms with Gasteiger partial charge in [0, 0.05) is 31.9 Å². The first-order valence-corrected chi connectivity index (χ1v) is 8.72. The fraction of sp³-hybridized carbons (Fsp3) is 0.421. The molecule has 2 heterocycles. The average molecular weight is 357 g/mol. The van der Waals surface area contributed by atoms with E-state index in [4.69, 9.17) is 0 Å². The predicted molar refractivity (Wildman–Crippen MR) is 96.8 cm³/mol. The molecule has 0 aliphatic carbocycles. The normalized spacial score (nSPS) is 16.8. The number of aliphatic hydroxyl groups is 1. The van der Waals surface area contributed by atoms with Crippen LogP contribution in [0.15, 0.2) is 40.1 Å². The van der Waals surface area contributed by atoms with E-state index < -0.39 is 11.2 Å². The van der Waals surface area contributed by atoms with Crippen molar-refractivity contribution in [2.45, 2.75) is 25.9 Å². The highest BCUT2D eigenvalue weighted by Crippen LogP contribution is 2.22. The highest BCUT2D eigenvalue weighted by molar-refractivity contribution is 5.78. The summed E-state index contributed by atoms with van der Waals surface area (Å²) in [5, 5.41) is 9.23. The van der Waals surface area contributed by atoms with Gasteiger partial charge in [0.25, 0.3) is 5.56 Å². The summed E-state index contributed by atoms with van der Waals surface area (Å²) in [6.45, 7) is 1.36. The lowest BCUT2D eigenvalue weighted by molar-refractivity contribution is -0.129. The van der Waals surface area contributed by atoms with Gasteiger partial charge in [-0.2, -0.15) is 0 Å². The molecule has 138 valence electrons. The number of amides is 1. The third-order valence-electron chi connectivity index (χ3n) is 4.93. The first-order valence-electron chi connectivity index (χ1n) is 8.72. The number of aliphatic hydroxyl groups excluding tert-OH is 1. The number of H-pyrrole nitrogens is 1. The molecule has 3 rings (SSSR count). The Morgan fingerprint density at radius 2 is 2.08 bits per heavy atom. The second kappa shape index (κ2) is 7.70. The zero-order valence-corrected chi connectivity index (χ0v) is 14.8. The Labute approximate surface area is 150 Å². The van der Waals surface area contributed by atoms with Crippen LogP contribution in [0.2, 0.25) is 0 Å². The van der Waals surface area contributed by atoms with Crippen molar-refractivity contribution < 1.29 is 9.90 Å². The number of benzene rings is 1. The summed E-state index contributed by atoms with van der Waals surface area (Å²) >= 11 is 0. The van der Waals surface area contributed by atoms with E-state index in [0.717, 1.165) is 28.5 Å². The van der Waals surface area contributed by atoms with Gasteiger partial charge in [0.05, 0.1) is 13.0 Å². The molecular weight excluding hydrogens is 334 g/mol. The van der Waals surface area contributed by atoms with Crippen molar-refractivity contribution in [3.05, 3.63) is 68.0 Å². The Morgan fingerprint density at radius 1 is 1.31 bits per heavy atom. The molecule has 1 amide bonds. The van der Waals surface area contributed by atoms with Crippen LogP contribution in [0.5, 0.6) is 0 Å². The zero-order chi connectivity index (χ0) is 18.7. The fourth-order valence-electron chi connectivity index (χ4n) is 3.43. The average Bonchev–Trinajstić information content (AvgIpc) is 3.11. The van der Waals surface area contributed by atoms with E-state index in [9.17, 15) is 19.5 Å². The Bertz CT molecular complexity index is 915. The molecule has 26 heavy (non-hydrogen) atoms. The third-order valence-corrected chi connectivity index (χ3v) is 4.93. The summed E-state index contributed by atoms with van der Waals surface area (Å²) < 4.78 is 0.976. The molecule has 0 saturated carbocycles. The summed E-state index contributed by atoms with van der Waals surface area (Å²) in [5.74, 6) is 0.270. The van der Waals surface area contributed by atoms with Gasteiger partial charge in [-0.15, -0.1) is 0 Å². The largest absolute Gasteiger partial charge is 0.392 e. The molecule has 7 heteroatoms. The minimum absolute atomic E-state index is 0.00380. The molecule has 1 atom stereocenters. The maximum Gasteiger partial charge on any atom is 0.328 e. The molecule has 1 aliphatic rings. The predicted octanol–water partition coefficient (Wildman–Crippen LogP) is 0.200. The van der Waals surface area contributed by atoms with Gasteiger partial charge in [0.2, 0.25) is 5.91 Å². The topological polar surface area (TPSA) is 95.4 Å². The summed E-state index contributed by atoms with van der Waals surface area (Å²) in [5.41, 5.74) is 1.43. The third kappa shape index (κ3) is 3.94. The Kier molecular flexibility index (Phi) is 5.37. The number of rotatable bonds is 5. The number of hydrogen-bond donors (Lipinski definition) is 2. The van der Waals surface area contributed by atoms with Crippen LogP contribution < -0.4 is 11.2 Å². The van der Waals surface area contributed by atoms with Crippen molar-refractivity contribution in [1.82, 2.24) is 14.5 Å². The van der Waals surface area contributed by atoms with E-state index in [1.807, 2.05) is 24.3 Å². The van der Waals surface area contributed by atoms with E-state index in [1.165, 1.54) is 13.2 Å². The second-order valence-electron chi connectivity index (χ2n) is 6.84. The number of hydrogen-bond acceptors (Lipinski definition) is 4. The van der Waals surface area contributed by atoms with Gasteiger partial charge < -0.3 is 15.0 Å². The molecule has 1 aromatic heterocycles. The van der Waals surface area contributed by atoms with Crippen molar-refractivity contribution in [1.29, 1.82) is 0 Å².